The van der Waals surface area contributed by atoms with Crippen LogP contribution in [0.15, 0.2) is 23.3 Å². The summed E-state index contributed by atoms with van der Waals surface area (Å²) in [7, 11) is 4.00. The minimum absolute atomic E-state index is 0.0415. The van der Waals surface area contributed by atoms with E-state index in [1.165, 1.54) is 0 Å². The van der Waals surface area contributed by atoms with E-state index >= 15 is 0 Å². The van der Waals surface area contributed by atoms with Gasteiger partial charge in [-0.15, -0.1) is 0 Å². The van der Waals surface area contributed by atoms with Crippen LogP contribution in [0.4, 0.5) is 0 Å². The van der Waals surface area contributed by atoms with Crippen LogP contribution in [0.3, 0.4) is 0 Å². The summed E-state index contributed by atoms with van der Waals surface area (Å²) in [6, 6.07) is 3.78. The molecule has 0 spiro atoms. The molecule has 1 aromatic heterocycles. The lowest BCUT2D eigenvalue weighted by Gasteiger charge is -2.23. The third-order valence-electron chi connectivity index (χ3n) is 3.44. The number of likely N-dealkylation sites (N-methyl/N-ethyl adjacent to an activating group) is 2. The summed E-state index contributed by atoms with van der Waals surface area (Å²) in [5, 5.41) is 11.9. The second-order valence-corrected chi connectivity index (χ2v) is 5.72. The van der Waals surface area contributed by atoms with E-state index in [1.54, 1.807) is 12.4 Å². The Morgan fingerprint density at radius 3 is 2.88 bits per heavy atom. The van der Waals surface area contributed by atoms with Gasteiger partial charge in [-0.05, 0) is 38.7 Å². The van der Waals surface area contributed by atoms with Crippen molar-refractivity contribution in [3.05, 3.63) is 29.6 Å². The molecule has 0 aliphatic heterocycles. The van der Waals surface area contributed by atoms with Crippen molar-refractivity contribution in [2.75, 3.05) is 53.4 Å². The summed E-state index contributed by atoms with van der Waals surface area (Å²) in [5.74, 6) is 0.0972. The highest BCUT2D eigenvalue weighted by atomic mass is 16.3. The maximum atomic E-state index is 12.2. The normalized spacial score (nSPS) is 11.4. The van der Waals surface area contributed by atoms with Crippen LogP contribution in [0.5, 0.6) is 0 Å². The average Bonchev–Trinajstić information content (AvgIpc) is 2.56. The summed E-state index contributed by atoms with van der Waals surface area (Å²) >= 11 is 0. The average molecular weight is 335 g/mol. The number of aliphatic imine (C=N–C) groups is 1. The minimum Gasteiger partial charge on any atom is -0.394 e. The Hall–Kier alpha value is -1.83. The third-order valence-corrected chi connectivity index (χ3v) is 3.44. The topological polar surface area (TPSA) is 81.1 Å². The molecule has 0 saturated heterocycles. The highest BCUT2D eigenvalue weighted by Gasteiger charge is 2.11. The van der Waals surface area contributed by atoms with Gasteiger partial charge in [-0.3, -0.25) is 14.8 Å². The minimum atomic E-state index is 0.0415. The number of hydrogen-bond donors (Lipinski definition) is 2. The molecule has 0 saturated carbocycles. The molecular formula is C17H29N5O2. The highest BCUT2D eigenvalue weighted by molar-refractivity contribution is 5.79. The van der Waals surface area contributed by atoms with E-state index in [0.717, 1.165) is 24.3 Å². The van der Waals surface area contributed by atoms with Crippen molar-refractivity contribution in [3.63, 3.8) is 0 Å². The number of amides is 1. The largest absolute Gasteiger partial charge is 0.394 e. The first-order valence-corrected chi connectivity index (χ1v) is 8.25. The lowest BCUT2D eigenvalue weighted by molar-refractivity contribution is -0.130. The Bertz CT molecular complexity index is 519. The van der Waals surface area contributed by atoms with Crippen LogP contribution >= 0.6 is 0 Å². The van der Waals surface area contributed by atoms with Crippen molar-refractivity contribution in [2.45, 2.75) is 13.5 Å². The van der Waals surface area contributed by atoms with E-state index in [9.17, 15) is 4.79 Å². The van der Waals surface area contributed by atoms with E-state index in [1.807, 2.05) is 38.1 Å². The summed E-state index contributed by atoms with van der Waals surface area (Å²) in [6.07, 6.45) is 3.43. The van der Waals surface area contributed by atoms with Crippen molar-refractivity contribution in [3.8, 4) is 0 Å². The Kier molecular flexibility index (Phi) is 9.83. The van der Waals surface area contributed by atoms with Crippen LogP contribution in [0.1, 0.15) is 18.2 Å². The van der Waals surface area contributed by atoms with Crippen molar-refractivity contribution < 1.29 is 9.90 Å². The molecule has 0 fully saturated rings. The van der Waals surface area contributed by atoms with Crippen molar-refractivity contribution in [1.29, 1.82) is 0 Å². The van der Waals surface area contributed by atoms with Gasteiger partial charge < -0.3 is 20.2 Å². The number of carbonyl (C=O) groups excluding carboxylic acids is 1. The smallest absolute Gasteiger partial charge is 0.236 e. The number of rotatable bonds is 11. The molecule has 1 heterocycles. The van der Waals surface area contributed by atoms with E-state index in [2.05, 4.69) is 20.2 Å². The van der Waals surface area contributed by atoms with Crippen molar-refractivity contribution in [2.24, 2.45) is 4.99 Å². The van der Waals surface area contributed by atoms with Crippen LogP contribution < -0.4 is 5.32 Å². The number of nitrogens with one attached hydrogen (secondary N) is 1. The van der Waals surface area contributed by atoms with Gasteiger partial charge in [-0.2, -0.15) is 0 Å². The number of pyridine rings is 1. The first kappa shape index (κ1) is 20.2. The molecule has 0 aromatic carbocycles. The van der Waals surface area contributed by atoms with Gasteiger partial charge >= 0.3 is 0 Å². The Morgan fingerprint density at radius 1 is 1.42 bits per heavy atom. The lowest BCUT2D eigenvalue weighted by Crippen LogP contribution is -2.41. The van der Waals surface area contributed by atoms with Crippen LogP contribution in [0.25, 0.3) is 0 Å². The molecule has 7 nitrogen and oxygen atoms in total. The fourth-order valence-corrected chi connectivity index (χ4v) is 2.09. The lowest BCUT2D eigenvalue weighted by atomic mass is 10.2. The molecule has 0 bridgehead atoms. The zero-order chi connectivity index (χ0) is 17.8. The van der Waals surface area contributed by atoms with Gasteiger partial charge in [0.15, 0.2) is 0 Å². The quantitative estimate of drug-likeness (QED) is 0.556. The monoisotopic (exact) mass is 335 g/mol. The summed E-state index contributed by atoms with van der Waals surface area (Å²) < 4.78 is 0. The Labute approximate surface area is 144 Å². The van der Waals surface area contributed by atoms with E-state index in [-0.39, 0.29) is 12.5 Å². The molecule has 2 N–H and O–H groups in total. The first-order valence-electron chi connectivity index (χ1n) is 8.25. The SMILES string of the molecule is CCN(CCN(C)C)C(=O)CNCc1cc(/C=N/CCO)ccn1. The maximum absolute atomic E-state index is 12.2. The van der Waals surface area contributed by atoms with E-state index < -0.39 is 0 Å². The molecule has 1 aromatic rings. The molecule has 0 radical (unpaired) electrons. The number of nitrogens with zero attached hydrogens (tertiary/aromatic N) is 4. The molecular weight excluding hydrogens is 306 g/mol. The predicted molar refractivity (Wildman–Crippen MR) is 96.3 cm³/mol. The molecule has 1 rings (SSSR count). The standard InChI is InChI=1S/C17H29N5O2/c1-4-22(9-8-21(2)3)17(24)14-19-13-16-11-15(5-6-20-16)12-18-7-10-23/h5-6,11-12,19,23H,4,7-10,13-14H2,1-3H3/b18-12+. The second kappa shape index (κ2) is 11.7. The van der Waals surface area contributed by atoms with Gasteiger partial charge in [0.2, 0.25) is 5.91 Å². The predicted octanol–water partition coefficient (Wildman–Crippen LogP) is -0.00750. The van der Waals surface area contributed by atoms with Crippen molar-refractivity contribution in [1.82, 2.24) is 20.1 Å². The van der Waals surface area contributed by atoms with Crippen LogP contribution in [-0.4, -0.2) is 85.4 Å². The fraction of sp³-hybridized carbons (Fsp3) is 0.588. The molecule has 134 valence electrons. The van der Waals surface area contributed by atoms with Crippen molar-refractivity contribution >= 4 is 12.1 Å². The van der Waals surface area contributed by atoms with Gasteiger partial charge in [-0.1, -0.05) is 0 Å². The van der Waals surface area contributed by atoms with Crippen LogP contribution in [0, 0.1) is 0 Å². The number of carbonyl (C=O) groups is 1. The summed E-state index contributed by atoms with van der Waals surface area (Å²) in [6.45, 7) is 5.55. The Morgan fingerprint density at radius 2 is 2.21 bits per heavy atom. The molecule has 24 heavy (non-hydrogen) atoms. The van der Waals surface area contributed by atoms with Gasteiger partial charge in [0.25, 0.3) is 0 Å². The number of aliphatic hydroxyl groups is 1. The first-order chi connectivity index (χ1) is 11.6. The zero-order valence-electron chi connectivity index (χ0n) is 14.9. The van der Waals surface area contributed by atoms with Gasteiger partial charge in [0.05, 0.1) is 25.4 Å². The molecule has 7 heteroatoms. The third kappa shape index (κ3) is 8.14. The molecule has 1 amide bonds. The fourth-order valence-electron chi connectivity index (χ4n) is 2.09. The Balaban J connectivity index is 2.43. The summed E-state index contributed by atoms with van der Waals surface area (Å²) in [5.41, 5.74) is 1.79. The highest BCUT2D eigenvalue weighted by Crippen LogP contribution is 1.99. The van der Waals surface area contributed by atoms with Crippen LogP contribution in [-0.2, 0) is 11.3 Å². The second-order valence-electron chi connectivity index (χ2n) is 5.72. The van der Waals surface area contributed by atoms with Gasteiger partial charge in [0.1, 0.15) is 0 Å². The number of aromatic nitrogens is 1. The van der Waals surface area contributed by atoms with Gasteiger partial charge in [0, 0.05) is 38.6 Å². The zero-order valence-corrected chi connectivity index (χ0v) is 14.9. The molecule has 0 atom stereocenters. The summed E-state index contributed by atoms with van der Waals surface area (Å²) in [4.78, 5) is 24.5. The maximum Gasteiger partial charge on any atom is 0.236 e. The number of aliphatic hydroxyl groups excluding tert-OH is 1. The molecule has 0 aliphatic carbocycles. The van der Waals surface area contributed by atoms with E-state index in [0.29, 0.717) is 26.2 Å². The molecule has 0 aliphatic rings. The molecule has 0 unspecified atom stereocenters. The number of hydrogen-bond acceptors (Lipinski definition) is 6. The van der Waals surface area contributed by atoms with E-state index in [4.69, 9.17) is 5.11 Å². The van der Waals surface area contributed by atoms with Crippen LogP contribution in [0.2, 0.25) is 0 Å². The van der Waals surface area contributed by atoms with Gasteiger partial charge in [-0.25, -0.2) is 0 Å².